The highest BCUT2D eigenvalue weighted by atomic mass is 16.2. The number of hydrogen-bond donors (Lipinski definition) is 1. The van der Waals surface area contributed by atoms with Gasteiger partial charge in [0.05, 0.1) is 0 Å². The van der Waals surface area contributed by atoms with Crippen molar-refractivity contribution in [2.45, 2.75) is 38.1 Å². The summed E-state index contributed by atoms with van der Waals surface area (Å²) in [6.07, 6.45) is 3.65. The molecule has 0 saturated carbocycles. The van der Waals surface area contributed by atoms with Gasteiger partial charge in [-0.05, 0) is 50.0 Å². The highest BCUT2D eigenvalue weighted by Crippen LogP contribution is 2.40. The van der Waals surface area contributed by atoms with Crippen LogP contribution in [0.5, 0.6) is 0 Å². The second kappa shape index (κ2) is 6.40. The molecule has 2 atom stereocenters. The lowest BCUT2D eigenvalue weighted by Crippen LogP contribution is -2.52. The summed E-state index contributed by atoms with van der Waals surface area (Å²) in [6.45, 7) is 4.15. The lowest BCUT2D eigenvalue weighted by atomic mass is 9.79. The van der Waals surface area contributed by atoms with Crippen LogP contribution in [0.15, 0.2) is 48.5 Å². The molecule has 0 aromatic heterocycles. The van der Waals surface area contributed by atoms with Crippen molar-refractivity contribution in [1.82, 2.24) is 4.90 Å². The number of hydrogen-bond acceptors (Lipinski definition) is 2. The summed E-state index contributed by atoms with van der Waals surface area (Å²) in [5, 5.41) is 3.15. The van der Waals surface area contributed by atoms with Crippen molar-refractivity contribution >= 4 is 11.6 Å². The van der Waals surface area contributed by atoms with E-state index in [1.807, 2.05) is 12.1 Å². The van der Waals surface area contributed by atoms with Crippen molar-refractivity contribution in [3.63, 3.8) is 0 Å². The Morgan fingerprint density at radius 2 is 1.75 bits per heavy atom. The zero-order chi connectivity index (χ0) is 16.5. The second-order valence-corrected chi connectivity index (χ2v) is 7.01. The Morgan fingerprint density at radius 3 is 2.50 bits per heavy atom. The van der Waals surface area contributed by atoms with Crippen LogP contribution in [0.4, 0.5) is 5.69 Å². The van der Waals surface area contributed by atoms with Crippen LogP contribution in [0.25, 0.3) is 0 Å². The molecule has 1 fully saturated rings. The first-order chi connectivity index (χ1) is 11.7. The van der Waals surface area contributed by atoms with Gasteiger partial charge in [-0.2, -0.15) is 0 Å². The van der Waals surface area contributed by atoms with Gasteiger partial charge in [0.25, 0.3) is 0 Å². The second-order valence-electron chi connectivity index (χ2n) is 7.01. The molecule has 4 rings (SSSR count). The molecule has 0 bridgehead atoms. The average molecular weight is 320 g/mol. The Bertz CT molecular complexity index is 735. The van der Waals surface area contributed by atoms with Crippen molar-refractivity contribution in [3.8, 4) is 0 Å². The van der Waals surface area contributed by atoms with E-state index < -0.39 is 0 Å². The van der Waals surface area contributed by atoms with Crippen molar-refractivity contribution in [2.24, 2.45) is 0 Å². The van der Waals surface area contributed by atoms with Gasteiger partial charge in [-0.1, -0.05) is 54.4 Å². The fraction of sp³-hybridized carbons (Fsp3) is 0.381. The van der Waals surface area contributed by atoms with E-state index in [-0.39, 0.29) is 17.9 Å². The summed E-state index contributed by atoms with van der Waals surface area (Å²) in [5.74, 6) is 0.245. The van der Waals surface area contributed by atoms with Gasteiger partial charge in [0.15, 0.2) is 0 Å². The van der Waals surface area contributed by atoms with Crippen molar-refractivity contribution in [1.29, 1.82) is 0 Å². The van der Waals surface area contributed by atoms with E-state index in [2.05, 4.69) is 53.5 Å². The molecule has 24 heavy (non-hydrogen) atoms. The Kier molecular flexibility index (Phi) is 4.11. The van der Waals surface area contributed by atoms with Crippen LogP contribution in [0.1, 0.15) is 41.9 Å². The average Bonchev–Trinajstić information content (AvgIpc) is 2.62. The molecule has 2 aliphatic heterocycles. The summed E-state index contributed by atoms with van der Waals surface area (Å²) in [7, 11) is 0. The fourth-order valence-corrected chi connectivity index (χ4v) is 4.18. The highest BCUT2D eigenvalue weighted by molar-refractivity contribution is 5.99. The molecule has 2 aromatic rings. The monoisotopic (exact) mass is 320 g/mol. The van der Waals surface area contributed by atoms with E-state index in [4.69, 9.17) is 0 Å². The first kappa shape index (κ1) is 15.4. The quantitative estimate of drug-likeness (QED) is 0.909. The van der Waals surface area contributed by atoms with Crippen LogP contribution >= 0.6 is 0 Å². The van der Waals surface area contributed by atoms with Crippen LogP contribution in [-0.4, -0.2) is 29.9 Å². The minimum atomic E-state index is -0.109. The number of piperidine rings is 1. The highest BCUT2D eigenvalue weighted by Gasteiger charge is 2.40. The summed E-state index contributed by atoms with van der Waals surface area (Å²) < 4.78 is 0. The van der Waals surface area contributed by atoms with Crippen LogP contribution in [0, 0.1) is 6.92 Å². The Morgan fingerprint density at radius 1 is 1.00 bits per heavy atom. The van der Waals surface area contributed by atoms with E-state index in [1.54, 1.807) is 0 Å². The third-order valence-corrected chi connectivity index (χ3v) is 5.33. The van der Waals surface area contributed by atoms with Gasteiger partial charge in [0, 0.05) is 11.6 Å². The molecular weight excluding hydrogens is 296 g/mol. The molecule has 1 saturated heterocycles. The van der Waals surface area contributed by atoms with E-state index in [0.717, 1.165) is 18.8 Å². The number of likely N-dealkylation sites (tertiary alicyclic amines) is 1. The predicted octanol–water partition coefficient (Wildman–Crippen LogP) is 3.93. The number of anilines is 1. The first-order valence-electron chi connectivity index (χ1n) is 8.94. The molecule has 1 amide bonds. The molecule has 2 aliphatic rings. The molecule has 3 heteroatoms. The largest absolute Gasteiger partial charge is 0.324 e. The number of amides is 1. The van der Waals surface area contributed by atoms with Crippen LogP contribution < -0.4 is 5.32 Å². The van der Waals surface area contributed by atoms with Gasteiger partial charge in [-0.25, -0.2) is 0 Å². The maximum Gasteiger partial charge on any atom is 0.242 e. The third-order valence-electron chi connectivity index (χ3n) is 5.33. The summed E-state index contributed by atoms with van der Waals surface area (Å²) in [4.78, 5) is 15.4. The maximum atomic E-state index is 13.0. The Labute approximate surface area is 143 Å². The van der Waals surface area contributed by atoms with Gasteiger partial charge in [0.1, 0.15) is 6.04 Å². The van der Waals surface area contributed by atoms with Gasteiger partial charge in [-0.15, -0.1) is 0 Å². The predicted molar refractivity (Wildman–Crippen MR) is 97.3 cm³/mol. The molecule has 124 valence electrons. The fourth-order valence-electron chi connectivity index (χ4n) is 4.18. The number of aryl methyl sites for hydroxylation is 1. The maximum absolute atomic E-state index is 13.0. The first-order valence-corrected chi connectivity index (χ1v) is 8.94. The van der Waals surface area contributed by atoms with Gasteiger partial charge < -0.3 is 5.32 Å². The Hall–Kier alpha value is -2.13. The third kappa shape index (κ3) is 2.73. The molecule has 3 nitrogen and oxygen atoms in total. The topological polar surface area (TPSA) is 32.3 Å². The van der Waals surface area contributed by atoms with Crippen LogP contribution in [-0.2, 0) is 4.79 Å². The summed E-state index contributed by atoms with van der Waals surface area (Å²) >= 11 is 0. The number of carbonyl (C=O) groups excluding carboxylic acids is 1. The van der Waals surface area contributed by atoms with E-state index in [9.17, 15) is 4.79 Å². The lowest BCUT2D eigenvalue weighted by Gasteiger charge is -2.42. The van der Waals surface area contributed by atoms with Gasteiger partial charge in [-0.3, -0.25) is 9.69 Å². The zero-order valence-electron chi connectivity index (χ0n) is 14.2. The number of carbonyl (C=O) groups is 1. The number of fused-ring (bicyclic) bond motifs is 1. The number of nitrogens with one attached hydrogen (secondary N) is 1. The summed E-state index contributed by atoms with van der Waals surface area (Å²) in [6, 6.07) is 16.8. The van der Waals surface area contributed by atoms with E-state index in [1.165, 1.54) is 36.0 Å². The molecule has 1 N–H and O–H groups in total. The number of benzene rings is 2. The SMILES string of the molecule is Cc1ccc2c(c1)C(c1ccccc1)C(N1CCCCC1)C(=O)N2. The molecule has 2 heterocycles. The van der Waals surface area contributed by atoms with Crippen molar-refractivity contribution in [2.75, 3.05) is 18.4 Å². The lowest BCUT2D eigenvalue weighted by molar-refractivity contribution is -0.122. The number of rotatable bonds is 2. The molecule has 0 aliphatic carbocycles. The zero-order valence-corrected chi connectivity index (χ0v) is 14.2. The molecular formula is C21H24N2O. The minimum absolute atomic E-state index is 0.105. The molecule has 2 unspecified atom stereocenters. The smallest absolute Gasteiger partial charge is 0.242 e. The molecule has 0 spiro atoms. The number of nitrogens with zero attached hydrogens (tertiary/aromatic N) is 1. The molecule has 0 radical (unpaired) electrons. The van der Waals surface area contributed by atoms with Crippen molar-refractivity contribution < 1.29 is 4.79 Å². The van der Waals surface area contributed by atoms with Crippen molar-refractivity contribution in [3.05, 3.63) is 65.2 Å². The standard InChI is InChI=1S/C21H24N2O/c1-15-10-11-18-17(14-15)19(16-8-4-2-5-9-16)20(21(24)22-18)23-12-6-3-7-13-23/h2,4-5,8-11,14,19-20H,3,6-7,12-13H2,1H3,(H,22,24). The van der Waals surface area contributed by atoms with Crippen LogP contribution in [0.2, 0.25) is 0 Å². The van der Waals surface area contributed by atoms with E-state index >= 15 is 0 Å². The normalized spacial score (nSPS) is 24.3. The van der Waals surface area contributed by atoms with E-state index in [0.29, 0.717) is 0 Å². The van der Waals surface area contributed by atoms with Crippen LogP contribution in [0.3, 0.4) is 0 Å². The molecule has 2 aromatic carbocycles. The minimum Gasteiger partial charge on any atom is -0.324 e. The summed E-state index contributed by atoms with van der Waals surface area (Å²) in [5.41, 5.74) is 4.68. The van der Waals surface area contributed by atoms with Gasteiger partial charge >= 0.3 is 0 Å². The Balaban J connectivity index is 1.83. The van der Waals surface area contributed by atoms with Gasteiger partial charge in [0.2, 0.25) is 5.91 Å².